The lowest BCUT2D eigenvalue weighted by molar-refractivity contribution is 0.536. The van der Waals surface area contributed by atoms with Crippen molar-refractivity contribution >= 4 is 16.9 Å². The number of nitrogens with two attached hydrogens (primary N) is 1. The first-order valence-corrected chi connectivity index (χ1v) is 8.75. The van der Waals surface area contributed by atoms with Gasteiger partial charge in [-0.05, 0) is 29.7 Å². The van der Waals surface area contributed by atoms with E-state index in [9.17, 15) is 8.76 Å². The lowest BCUT2D eigenvalue weighted by Crippen LogP contribution is -1.96. The van der Waals surface area contributed by atoms with Crippen molar-refractivity contribution in [2.75, 3.05) is 5.73 Å². The Kier molecular flexibility index (Phi) is 4.74. The van der Waals surface area contributed by atoms with Crippen LogP contribution in [0.15, 0.2) is 60.8 Å². The second kappa shape index (κ2) is 6.95. The number of nitrogen functional groups attached to an aromatic ring is 1. The van der Waals surface area contributed by atoms with Gasteiger partial charge in [-0.25, -0.2) is 4.98 Å². The molecule has 1 unspecified atom stereocenters. The van der Waals surface area contributed by atoms with Gasteiger partial charge in [-0.2, -0.15) is 0 Å². The van der Waals surface area contributed by atoms with Crippen LogP contribution in [-0.2, 0) is 16.8 Å². The van der Waals surface area contributed by atoms with Gasteiger partial charge in [0.15, 0.2) is 0 Å². The molecule has 0 amide bonds. The minimum absolute atomic E-state index is 0.0227. The maximum absolute atomic E-state index is 10.8. The van der Waals surface area contributed by atoms with Crippen molar-refractivity contribution in [3.63, 3.8) is 0 Å². The number of hydrogen-bond donors (Lipinski definition) is 1. The highest BCUT2D eigenvalue weighted by Crippen LogP contribution is 2.29. The molecule has 3 rings (SSSR count). The second-order valence-electron chi connectivity index (χ2n) is 5.67. The van der Waals surface area contributed by atoms with Gasteiger partial charge < -0.3 is 10.3 Å². The van der Waals surface area contributed by atoms with Gasteiger partial charge in [-0.1, -0.05) is 65.2 Å². The van der Waals surface area contributed by atoms with Gasteiger partial charge in [0, 0.05) is 23.1 Å². The number of nitrogens with zero attached hydrogens (tertiary/aromatic N) is 1. The smallest absolute Gasteiger partial charge is 0.131 e. The maximum Gasteiger partial charge on any atom is 0.131 e. The third-order valence-electron chi connectivity index (χ3n) is 3.85. The third kappa shape index (κ3) is 3.69. The summed E-state index contributed by atoms with van der Waals surface area (Å²) in [7, 11) is 0. The predicted molar refractivity (Wildman–Crippen MR) is 96.9 cm³/mol. The Morgan fingerprint density at radius 1 is 1.00 bits per heavy atom. The van der Waals surface area contributed by atoms with Crippen molar-refractivity contribution in [2.45, 2.75) is 12.7 Å². The Labute approximate surface area is 143 Å². The summed E-state index contributed by atoms with van der Waals surface area (Å²) in [5, 5.41) is 0. The Bertz CT molecular complexity index is 875. The normalized spacial score (nSPS) is 12.1. The molecule has 0 aliphatic carbocycles. The molecule has 2 aromatic carbocycles. The molecule has 0 aliphatic rings. The summed E-state index contributed by atoms with van der Waals surface area (Å²) < 4.78 is 21.5. The molecule has 0 radical (unpaired) electrons. The summed E-state index contributed by atoms with van der Waals surface area (Å²) in [5.41, 5.74) is 11.8. The highest BCUT2D eigenvalue weighted by atomic mass is 32.2. The van der Waals surface area contributed by atoms with Crippen LogP contribution in [-0.4, -0.2) is 13.7 Å². The molecule has 3 aromatic rings. The molecule has 0 aliphatic heterocycles. The van der Waals surface area contributed by atoms with Crippen molar-refractivity contribution in [2.24, 2.45) is 0 Å². The molecule has 24 heavy (non-hydrogen) atoms. The number of hydrogen-bond acceptors (Lipinski definition) is 4. The van der Waals surface area contributed by atoms with Gasteiger partial charge in [0.2, 0.25) is 0 Å². The van der Waals surface area contributed by atoms with E-state index in [2.05, 4.69) is 4.98 Å². The fraction of sp³-hybridized carbons (Fsp3) is 0.105. The molecule has 122 valence electrons. The Balaban J connectivity index is 1.96. The average Bonchev–Trinajstić information content (AvgIpc) is 2.56. The van der Waals surface area contributed by atoms with E-state index in [1.54, 1.807) is 6.20 Å². The SMILES string of the molecule is Cc1ccc(-c2cc(-c3ccc(CS(=O)[O-])cc3)cnc2N)cc1. The molecule has 0 spiro atoms. The zero-order chi connectivity index (χ0) is 17.1. The number of rotatable bonds is 4. The van der Waals surface area contributed by atoms with Crippen LogP contribution in [0.5, 0.6) is 0 Å². The Morgan fingerprint density at radius 3 is 2.25 bits per heavy atom. The second-order valence-corrected chi connectivity index (χ2v) is 6.56. The van der Waals surface area contributed by atoms with Gasteiger partial charge in [0.25, 0.3) is 0 Å². The highest BCUT2D eigenvalue weighted by molar-refractivity contribution is 7.78. The fourth-order valence-corrected chi connectivity index (χ4v) is 2.99. The molecule has 0 bridgehead atoms. The molecule has 1 atom stereocenters. The van der Waals surface area contributed by atoms with Crippen LogP contribution in [0.25, 0.3) is 22.3 Å². The van der Waals surface area contributed by atoms with E-state index < -0.39 is 11.1 Å². The first kappa shape index (κ1) is 16.4. The number of anilines is 1. The van der Waals surface area contributed by atoms with Crippen LogP contribution in [0.3, 0.4) is 0 Å². The molecule has 0 saturated heterocycles. The van der Waals surface area contributed by atoms with E-state index in [1.807, 2.05) is 61.5 Å². The van der Waals surface area contributed by atoms with Crippen molar-refractivity contribution in [1.29, 1.82) is 0 Å². The van der Waals surface area contributed by atoms with Gasteiger partial charge in [0.05, 0.1) is 0 Å². The van der Waals surface area contributed by atoms with E-state index in [0.717, 1.165) is 27.8 Å². The number of aryl methyl sites for hydroxylation is 1. The standard InChI is InChI=1S/C19H18N2O2S/c1-13-2-6-16(7-3-13)18-10-17(11-21-19(18)20)15-8-4-14(5-9-15)12-24(22)23/h2-11H,12H2,1H3,(H2,20,21)(H,22,23)/p-1. The van der Waals surface area contributed by atoms with E-state index in [4.69, 9.17) is 5.73 Å². The third-order valence-corrected chi connectivity index (χ3v) is 4.42. The minimum Gasteiger partial charge on any atom is -0.772 e. The predicted octanol–water partition coefficient (Wildman–Crippen LogP) is 3.69. The van der Waals surface area contributed by atoms with Crippen molar-refractivity contribution in [3.05, 3.63) is 71.9 Å². The van der Waals surface area contributed by atoms with Crippen molar-refractivity contribution < 1.29 is 8.76 Å². The topological polar surface area (TPSA) is 79.0 Å². The number of aromatic nitrogens is 1. The van der Waals surface area contributed by atoms with Gasteiger partial charge in [0.1, 0.15) is 5.82 Å². The highest BCUT2D eigenvalue weighted by Gasteiger charge is 2.07. The van der Waals surface area contributed by atoms with E-state index in [-0.39, 0.29) is 5.75 Å². The van der Waals surface area contributed by atoms with Gasteiger partial charge in [-0.15, -0.1) is 0 Å². The largest absolute Gasteiger partial charge is 0.772 e. The first-order chi connectivity index (χ1) is 11.5. The van der Waals surface area contributed by atoms with E-state index >= 15 is 0 Å². The quantitative estimate of drug-likeness (QED) is 0.737. The van der Waals surface area contributed by atoms with Crippen LogP contribution in [0.4, 0.5) is 5.82 Å². The molecule has 5 heteroatoms. The Hall–Kier alpha value is -2.50. The first-order valence-electron chi connectivity index (χ1n) is 7.50. The average molecular weight is 337 g/mol. The minimum atomic E-state index is -2.08. The number of benzene rings is 2. The Morgan fingerprint density at radius 2 is 1.62 bits per heavy atom. The maximum atomic E-state index is 10.8. The summed E-state index contributed by atoms with van der Waals surface area (Å²) in [4.78, 5) is 4.30. The molecule has 1 heterocycles. The van der Waals surface area contributed by atoms with Crippen LogP contribution in [0.1, 0.15) is 11.1 Å². The van der Waals surface area contributed by atoms with Gasteiger partial charge in [-0.3, -0.25) is 4.21 Å². The van der Waals surface area contributed by atoms with Crippen LogP contribution >= 0.6 is 0 Å². The summed E-state index contributed by atoms with van der Waals surface area (Å²) in [6.07, 6.45) is 1.73. The van der Waals surface area contributed by atoms with Crippen molar-refractivity contribution in [3.8, 4) is 22.3 Å². The lowest BCUT2D eigenvalue weighted by atomic mass is 10.00. The summed E-state index contributed by atoms with van der Waals surface area (Å²) in [5.74, 6) is 0.510. The molecular weight excluding hydrogens is 320 g/mol. The van der Waals surface area contributed by atoms with Crippen molar-refractivity contribution in [1.82, 2.24) is 4.98 Å². The van der Waals surface area contributed by atoms with Gasteiger partial charge >= 0.3 is 0 Å². The monoisotopic (exact) mass is 337 g/mol. The van der Waals surface area contributed by atoms with E-state index in [0.29, 0.717) is 5.82 Å². The van der Waals surface area contributed by atoms with E-state index in [1.165, 1.54) is 5.56 Å². The molecular formula is C19H17N2O2S-. The number of pyridine rings is 1. The molecule has 1 aromatic heterocycles. The zero-order valence-electron chi connectivity index (χ0n) is 13.2. The molecule has 0 fully saturated rings. The van der Waals surface area contributed by atoms with Crippen LogP contribution in [0.2, 0.25) is 0 Å². The molecule has 4 nitrogen and oxygen atoms in total. The summed E-state index contributed by atoms with van der Waals surface area (Å²) in [6, 6.07) is 17.6. The zero-order valence-corrected chi connectivity index (χ0v) is 14.0. The summed E-state index contributed by atoms with van der Waals surface area (Å²) >= 11 is -2.08. The van der Waals surface area contributed by atoms with Crippen LogP contribution in [0, 0.1) is 6.92 Å². The lowest BCUT2D eigenvalue weighted by Gasteiger charge is -2.10. The summed E-state index contributed by atoms with van der Waals surface area (Å²) in [6.45, 7) is 2.04. The van der Waals surface area contributed by atoms with Crippen LogP contribution < -0.4 is 5.73 Å². The fourth-order valence-electron chi connectivity index (χ4n) is 2.53. The molecule has 2 N–H and O–H groups in total. The molecule has 0 saturated carbocycles.